The molecular formula is C16H23ClN2. The van der Waals surface area contributed by atoms with E-state index in [-0.39, 0.29) is 10.9 Å². The minimum Gasteiger partial charge on any atom is -0.321 e. The average molecular weight is 279 g/mol. The first-order chi connectivity index (χ1) is 8.86. The van der Waals surface area contributed by atoms with Crippen LogP contribution in [0.25, 0.3) is 11.0 Å². The van der Waals surface area contributed by atoms with Crippen LogP contribution in [0.4, 0.5) is 0 Å². The van der Waals surface area contributed by atoms with Crippen LogP contribution in [0.3, 0.4) is 0 Å². The summed E-state index contributed by atoms with van der Waals surface area (Å²) in [4.78, 5) is 4.75. The molecule has 0 N–H and O–H groups in total. The molecule has 1 aromatic heterocycles. The van der Waals surface area contributed by atoms with E-state index in [0.717, 1.165) is 24.2 Å². The topological polar surface area (TPSA) is 17.8 Å². The van der Waals surface area contributed by atoms with Gasteiger partial charge in [0.2, 0.25) is 0 Å². The van der Waals surface area contributed by atoms with Gasteiger partial charge in [-0.3, -0.25) is 0 Å². The third-order valence-electron chi connectivity index (χ3n) is 3.66. The Morgan fingerprint density at radius 2 is 2.05 bits per heavy atom. The fourth-order valence-electron chi connectivity index (χ4n) is 2.84. The highest BCUT2D eigenvalue weighted by Crippen LogP contribution is 2.33. The molecule has 0 fully saturated rings. The molecule has 0 aliphatic rings. The molecule has 2 rings (SSSR count). The van der Waals surface area contributed by atoms with E-state index in [2.05, 4.69) is 50.5 Å². The van der Waals surface area contributed by atoms with Gasteiger partial charge in [-0.15, -0.1) is 11.6 Å². The number of nitrogens with zero attached hydrogens (tertiary/aromatic N) is 2. The van der Waals surface area contributed by atoms with E-state index in [9.17, 15) is 0 Å². The van der Waals surface area contributed by atoms with E-state index in [1.165, 1.54) is 11.1 Å². The second-order valence-electron chi connectivity index (χ2n) is 5.98. The first-order valence-electron chi connectivity index (χ1n) is 7.00. The van der Waals surface area contributed by atoms with Gasteiger partial charge in [-0.2, -0.15) is 0 Å². The number of aromatic nitrogens is 2. The van der Waals surface area contributed by atoms with Crippen LogP contribution in [-0.2, 0) is 5.54 Å². The van der Waals surface area contributed by atoms with Crippen molar-refractivity contribution in [2.24, 2.45) is 0 Å². The lowest BCUT2D eigenvalue weighted by atomic mass is 9.97. The van der Waals surface area contributed by atoms with Crippen LogP contribution in [-0.4, -0.2) is 9.55 Å². The molecule has 1 heterocycles. The zero-order chi connectivity index (χ0) is 14.2. The second-order valence-corrected chi connectivity index (χ2v) is 6.63. The highest BCUT2D eigenvalue weighted by molar-refractivity contribution is 6.20. The first kappa shape index (κ1) is 14.4. The molecule has 1 atom stereocenters. The molecule has 19 heavy (non-hydrogen) atoms. The third kappa shape index (κ3) is 2.64. The number of hydrogen-bond acceptors (Lipinski definition) is 1. The van der Waals surface area contributed by atoms with Crippen molar-refractivity contribution in [2.45, 2.75) is 58.4 Å². The highest BCUT2D eigenvalue weighted by atomic mass is 35.5. The highest BCUT2D eigenvalue weighted by Gasteiger charge is 2.26. The molecule has 0 amide bonds. The van der Waals surface area contributed by atoms with Crippen LogP contribution < -0.4 is 0 Å². The largest absolute Gasteiger partial charge is 0.321 e. The lowest BCUT2D eigenvalue weighted by molar-refractivity contribution is 0.323. The van der Waals surface area contributed by atoms with Gasteiger partial charge in [0.25, 0.3) is 0 Å². The molecule has 1 aromatic carbocycles. The summed E-state index contributed by atoms with van der Waals surface area (Å²) in [6, 6.07) is 6.44. The van der Waals surface area contributed by atoms with Crippen molar-refractivity contribution in [1.29, 1.82) is 0 Å². The maximum Gasteiger partial charge on any atom is 0.128 e. The molecule has 2 nitrogen and oxygen atoms in total. The summed E-state index contributed by atoms with van der Waals surface area (Å²) in [5.74, 6) is 0.973. The maximum atomic E-state index is 6.34. The van der Waals surface area contributed by atoms with E-state index in [1.807, 2.05) is 6.92 Å². The van der Waals surface area contributed by atoms with E-state index < -0.39 is 0 Å². The molecular weight excluding hydrogens is 256 g/mol. The van der Waals surface area contributed by atoms with Crippen LogP contribution >= 0.6 is 11.6 Å². The summed E-state index contributed by atoms with van der Waals surface area (Å²) in [5, 5.41) is -0.0798. The van der Waals surface area contributed by atoms with E-state index in [1.54, 1.807) is 0 Å². The van der Waals surface area contributed by atoms with Crippen LogP contribution in [0, 0.1) is 6.92 Å². The number of aryl methyl sites for hydroxylation is 1. The van der Waals surface area contributed by atoms with Gasteiger partial charge in [0.05, 0.1) is 16.4 Å². The lowest BCUT2D eigenvalue weighted by Crippen LogP contribution is -2.28. The number of imidazole rings is 1. The van der Waals surface area contributed by atoms with Crippen molar-refractivity contribution < 1.29 is 0 Å². The maximum absolute atomic E-state index is 6.34. The molecule has 0 saturated carbocycles. The zero-order valence-corrected chi connectivity index (χ0v) is 13.3. The molecule has 0 saturated heterocycles. The number of rotatable bonds is 4. The summed E-state index contributed by atoms with van der Waals surface area (Å²) in [6.45, 7) is 10.8. The van der Waals surface area contributed by atoms with Gasteiger partial charge in [0, 0.05) is 5.54 Å². The summed E-state index contributed by atoms with van der Waals surface area (Å²) in [7, 11) is 0. The molecule has 0 aliphatic carbocycles. The summed E-state index contributed by atoms with van der Waals surface area (Å²) in [6.07, 6.45) is 2.26. The fourth-order valence-corrected chi connectivity index (χ4v) is 2.98. The Labute approximate surface area is 120 Å². The Kier molecular flexibility index (Phi) is 3.91. The van der Waals surface area contributed by atoms with E-state index in [4.69, 9.17) is 16.6 Å². The Bertz CT molecular complexity index is 582. The van der Waals surface area contributed by atoms with Crippen molar-refractivity contribution in [3.63, 3.8) is 0 Å². The fraction of sp³-hybridized carbons (Fsp3) is 0.562. The summed E-state index contributed by atoms with van der Waals surface area (Å²) in [5.41, 5.74) is 3.51. The molecule has 3 heteroatoms. The molecule has 2 aromatic rings. The van der Waals surface area contributed by atoms with Crippen molar-refractivity contribution in [1.82, 2.24) is 9.55 Å². The van der Waals surface area contributed by atoms with Gasteiger partial charge >= 0.3 is 0 Å². The van der Waals surface area contributed by atoms with Crippen molar-refractivity contribution >= 4 is 22.6 Å². The van der Waals surface area contributed by atoms with Gasteiger partial charge in [-0.05, 0) is 51.8 Å². The van der Waals surface area contributed by atoms with Gasteiger partial charge in [-0.25, -0.2) is 4.98 Å². The van der Waals surface area contributed by atoms with Crippen LogP contribution in [0.15, 0.2) is 18.2 Å². The Morgan fingerprint density at radius 1 is 1.37 bits per heavy atom. The van der Waals surface area contributed by atoms with Crippen LogP contribution in [0.1, 0.15) is 57.3 Å². The molecule has 104 valence electrons. The standard InChI is InChI=1S/C16H23ClN2/c1-6-9-16(4,5)19-14-8-7-11(2)10-13(14)18-15(19)12(3)17/h7-8,10,12H,6,9H2,1-5H3. The monoisotopic (exact) mass is 278 g/mol. The van der Waals surface area contributed by atoms with Crippen LogP contribution in [0.2, 0.25) is 0 Å². The third-order valence-corrected chi connectivity index (χ3v) is 3.85. The predicted molar refractivity (Wildman–Crippen MR) is 83.0 cm³/mol. The number of hydrogen-bond donors (Lipinski definition) is 0. The number of alkyl halides is 1. The minimum atomic E-state index is -0.0798. The summed E-state index contributed by atoms with van der Waals surface area (Å²) >= 11 is 6.34. The lowest BCUT2D eigenvalue weighted by Gasteiger charge is -2.29. The van der Waals surface area contributed by atoms with Gasteiger partial charge in [0.15, 0.2) is 0 Å². The number of halogens is 1. The molecule has 1 unspecified atom stereocenters. The van der Waals surface area contributed by atoms with Gasteiger partial charge in [0.1, 0.15) is 5.82 Å². The Balaban J connectivity index is 2.72. The second kappa shape index (κ2) is 5.16. The van der Waals surface area contributed by atoms with E-state index >= 15 is 0 Å². The van der Waals surface area contributed by atoms with Crippen molar-refractivity contribution in [3.05, 3.63) is 29.6 Å². The van der Waals surface area contributed by atoms with Gasteiger partial charge < -0.3 is 4.57 Å². The van der Waals surface area contributed by atoms with Crippen molar-refractivity contribution in [2.75, 3.05) is 0 Å². The molecule has 0 radical (unpaired) electrons. The SMILES string of the molecule is CCCC(C)(C)n1c(C(C)Cl)nc2cc(C)ccc21. The van der Waals surface area contributed by atoms with E-state index in [0.29, 0.717) is 0 Å². The van der Waals surface area contributed by atoms with Crippen LogP contribution in [0.5, 0.6) is 0 Å². The smallest absolute Gasteiger partial charge is 0.128 e. The average Bonchev–Trinajstić information content (AvgIpc) is 2.67. The quantitative estimate of drug-likeness (QED) is 0.705. The zero-order valence-electron chi connectivity index (χ0n) is 12.5. The van der Waals surface area contributed by atoms with Gasteiger partial charge in [-0.1, -0.05) is 19.4 Å². The first-order valence-corrected chi connectivity index (χ1v) is 7.44. The normalized spacial score (nSPS) is 14.0. The number of fused-ring (bicyclic) bond motifs is 1. The summed E-state index contributed by atoms with van der Waals surface area (Å²) < 4.78 is 2.32. The predicted octanol–water partition coefficient (Wildman–Crippen LogP) is 5.18. The molecule has 0 bridgehead atoms. The molecule has 0 spiro atoms. The number of benzene rings is 1. The minimum absolute atomic E-state index is 0.0389. The Morgan fingerprint density at radius 3 is 2.63 bits per heavy atom. The Hall–Kier alpha value is -1.02. The molecule has 0 aliphatic heterocycles. The van der Waals surface area contributed by atoms with Crippen molar-refractivity contribution in [3.8, 4) is 0 Å².